The Morgan fingerprint density at radius 1 is 1.27 bits per heavy atom. The van der Waals surface area contributed by atoms with Crippen LogP contribution < -0.4 is 5.73 Å². The first-order valence-corrected chi connectivity index (χ1v) is 6.21. The highest BCUT2D eigenvalue weighted by Crippen LogP contribution is 2.16. The Morgan fingerprint density at radius 2 is 1.87 bits per heavy atom. The molecule has 0 amide bonds. The molecule has 0 saturated carbocycles. The number of rotatable bonds is 5. The molecule has 82 valence electrons. The molecule has 0 spiro atoms. The van der Waals surface area contributed by atoms with Gasteiger partial charge in [-0.05, 0) is 19.4 Å². The highest BCUT2D eigenvalue weighted by molar-refractivity contribution is 7.98. The maximum Gasteiger partial charge on any atom is 0.0913 e. The summed E-state index contributed by atoms with van der Waals surface area (Å²) in [6.45, 7) is 4.24. The lowest BCUT2D eigenvalue weighted by Crippen LogP contribution is -2.09. The second-order valence-corrected chi connectivity index (χ2v) is 4.93. The predicted octanol–water partition coefficient (Wildman–Crippen LogP) is 2.86. The zero-order chi connectivity index (χ0) is 11.3. The van der Waals surface area contributed by atoms with E-state index in [9.17, 15) is 0 Å². The summed E-state index contributed by atoms with van der Waals surface area (Å²) >= 11 is 1.83. The van der Waals surface area contributed by atoms with Gasteiger partial charge in [0.1, 0.15) is 0 Å². The summed E-state index contributed by atoms with van der Waals surface area (Å²) in [5.74, 6) is 2.22. The molecule has 0 aliphatic carbocycles. The van der Waals surface area contributed by atoms with Gasteiger partial charge in [0.25, 0.3) is 0 Å². The predicted molar refractivity (Wildman–Crippen MR) is 68.6 cm³/mol. The third-order valence-corrected chi connectivity index (χ3v) is 3.10. The van der Waals surface area contributed by atoms with E-state index < -0.39 is 0 Å². The van der Waals surface area contributed by atoms with Crippen LogP contribution in [0, 0.1) is 19.3 Å². The van der Waals surface area contributed by atoms with Gasteiger partial charge in [-0.1, -0.05) is 29.3 Å². The van der Waals surface area contributed by atoms with Gasteiger partial charge in [-0.25, -0.2) is 0 Å². The van der Waals surface area contributed by atoms with Crippen molar-refractivity contribution in [2.75, 3.05) is 5.75 Å². The number of hydrogen-bond donors (Lipinski definition) is 2. The zero-order valence-corrected chi connectivity index (χ0v) is 10.2. The lowest BCUT2D eigenvalue weighted by atomic mass is 10.1. The molecule has 0 aromatic heterocycles. The summed E-state index contributed by atoms with van der Waals surface area (Å²) in [5.41, 5.74) is 9.29. The van der Waals surface area contributed by atoms with Gasteiger partial charge in [0, 0.05) is 17.9 Å². The van der Waals surface area contributed by atoms with Gasteiger partial charge in [-0.3, -0.25) is 5.41 Å². The molecule has 1 aromatic carbocycles. The zero-order valence-electron chi connectivity index (χ0n) is 9.34. The van der Waals surface area contributed by atoms with E-state index in [1.165, 1.54) is 16.7 Å². The number of benzene rings is 1. The Labute approximate surface area is 95.8 Å². The van der Waals surface area contributed by atoms with Crippen LogP contribution in [-0.4, -0.2) is 11.6 Å². The molecule has 3 N–H and O–H groups in total. The molecule has 0 aliphatic heterocycles. The molecule has 2 nitrogen and oxygen atoms in total. The Balaban J connectivity index is 2.40. The first-order chi connectivity index (χ1) is 7.08. The van der Waals surface area contributed by atoms with Crippen LogP contribution in [0.25, 0.3) is 0 Å². The minimum absolute atomic E-state index is 0.280. The van der Waals surface area contributed by atoms with Gasteiger partial charge in [0.05, 0.1) is 5.84 Å². The second-order valence-electron chi connectivity index (χ2n) is 3.82. The normalized spacial score (nSPS) is 10.3. The quantitative estimate of drug-likeness (QED) is 0.457. The van der Waals surface area contributed by atoms with E-state index >= 15 is 0 Å². The van der Waals surface area contributed by atoms with Crippen LogP contribution in [0.3, 0.4) is 0 Å². The maximum atomic E-state index is 7.11. The lowest BCUT2D eigenvalue weighted by molar-refractivity contribution is 1.22. The van der Waals surface area contributed by atoms with Crippen molar-refractivity contribution in [1.82, 2.24) is 0 Å². The monoisotopic (exact) mass is 222 g/mol. The van der Waals surface area contributed by atoms with E-state index in [4.69, 9.17) is 11.1 Å². The number of aryl methyl sites for hydroxylation is 2. The summed E-state index contributed by atoms with van der Waals surface area (Å²) in [6.07, 6.45) is 0.690. The molecule has 3 heteroatoms. The molecule has 0 atom stereocenters. The number of nitrogens with one attached hydrogen (secondary N) is 1. The van der Waals surface area contributed by atoms with E-state index in [0.717, 1.165) is 11.5 Å². The minimum atomic E-state index is 0.280. The molecular formula is C12H18N2S. The molecule has 0 fully saturated rings. The summed E-state index contributed by atoms with van der Waals surface area (Å²) < 4.78 is 0. The van der Waals surface area contributed by atoms with Crippen molar-refractivity contribution in [2.45, 2.75) is 26.0 Å². The summed E-state index contributed by atoms with van der Waals surface area (Å²) in [6, 6.07) is 6.62. The minimum Gasteiger partial charge on any atom is -0.388 e. The molecular weight excluding hydrogens is 204 g/mol. The van der Waals surface area contributed by atoms with Crippen molar-refractivity contribution >= 4 is 17.6 Å². The van der Waals surface area contributed by atoms with Crippen molar-refractivity contribution in [3.8, 4) is 0 Å². The third kappa shape index (κ3) is 4.88. The topological polar surface area (TPSA) is 49.9 Å². The van der Waals surface area contributed by atoms with Gasteiger partial charge < -0.3 is 5.73 Å². The average molecular weight is 222 g/mol. The van der Waals surface area contributed by atoms with Gasteiger partial charge in [0.15, 0.2) is 0 Å². The van der Waals surface area contributed by atoms with Crippen LogP contribution >= 0.6 is 11.8 Å². The Hall–Kier alpha value is -0.960. The van der Waals surface area contributed by atoms with Gasteiger partial charge in [0.2, 0.25) is 0 Å². The lowest BCUT2D eigenvalue weighted by Gasteiger charge is -2.04. The summed E-state index contributed by atoms with van der Waals surface area (Å²) in [7, 11) is 0. The molecule has 0 saturated heterocycles. The van der Waals surface area contributed by atoms with E-state index in [0.29, 0.717) is 6.42 Å². The first-order valence-electron chi connectivity index (χ1n) is 5.06. The number of amidine groups is 1. The first kappa shape index (κ1) is 12.1. The van der Waals surface area contributed by atoms with Gasteiger partial charge in [-0.15, -0.1) is 0 Å². The Bertz CT molecular complexity index is 327. The highest BCUT2D eigenvalue weighted by atomic mass is 32.2. The average Bonchev–Trinajstić information content (AvgIpc) is 2.10. The van der Waals surface area contributed by atoms with Crippen molar-refractivity contribution in [3.63, 3.8) is 0 Å². The molecule has 0 radical (unpaired) electrons. The molecule has 1 rings (SSSR count). The SMILES string of the molecule is Cc1cc(C)cc(CSCCC(=N)N)c1. The Kier molecular flexibility index (Phi) is 4.69. The van der Waals surface area contributed by atoms with Crippen LogP contribution in [0.15, 0.2) is 18.2 Å². The van der Waals surface area contributed by atoms with Crippen LogP contribution in [0.1, 0.15) is 23.1 Å². The molecule has 0 bridgehead atoms. The van der Waals surface area contributed by atoms with Crippen LogP contribution in [-0.2, 0) is 5.75 Å². The highest BCUT2D eigenvalue weighted by Gasteiger charge is 1.97. The molecule has 1 aromatic rings. The standard InChI is InChI=1S/C12H18N2S/c1-9-5-10(2)7-11(6-9)8-15-4-3-12(13)14/h5-7H,3-4,8H2,1-2H3,(H3,13,14). The van der Waals surface area contributed by atoms with Gasteiger partial charge in [-0.2, -0.15) is 11.8 Å². The molecule has 0 unspecified atom stereocenters. The smallest absolute Gasteiger partial charge is 0.0913 e. The van der Waals surface area contributed by atoms with E-state index in [1.807, 2.05) is 11.8 Å². The van der Waals surface area contributed by atoms with Crippen LogP contribution in [0.2, 0.25) is 0 Å². The number of thioether (sulfide) groups is 1. The summed E-state index contributed by atoms with van der Waals surface area (Å²) in [4.78, 5) is 0. The van der Waals surface area contributed by atoms with Crippen LogP contribution in [0.4, 0.5) is 0 Å². The Morgan fingerprint density at radius 3 is 2.40 bits per heavy atom. The van der Waals surface area contributed by atoms with E-state index in [2.05, 4.69) is 32.0 Å². The van der Waals surface area contributed by atoms with Gasteiger partial charge >= 0.3 is 0 Å². The maximum absolute atomic E-state index is 7.11. The molecule has 0 aliphatic rings. The fraction of sp³-hybridized carbons (Fsp3) is 0.417. The van der Waals surface area contributed by atoms with E-state index in [-0.39, 0.29) is 5.84 Å². The van der Waals surface area contributed by atoms with Crippen molar-refractivity contribution in [2.24, 2.45) is 5.73 Å². The molecule has 0 heterocycles. The number of hydrogen-bond acceptors (Lipinski definition) is 2. The fourth-order valence-corrected chi connectivity index (χ4v) is 2.44. The van der Waals surface area contributed by atoms with Crippen LogP contribution in [0.5, 0.6) is 0 Å². The van der Waals surface area contributed by atoms with E-state index in [1.54, 1.807) is 0 Å². The van der Waals surface area contributed by atoms with Crippen molar-refractivity contribution < 1.29 is 0 Å². The van der Waals surface area contributed by atoms with Crippen molar-refractivity contribution in [1.29, 1.82) is 5.41 Å². The second kappa shape index (κ2) is 5.81. The third-order valence-electron chi connectivity index (χ3n) is 2.07. The van der Waals surface area contributed by atoms with Crippen molar-refractivity contribution in [3.05, 3.63) is 34.9 Å². The summed E-state index contributed by atoms with van der Waals surface area (Å²) in [5, 5.41) is 7.11. The number of nitrogens with two attached hydrogens (primary N) is 1. The molecule has 15 heavy (non-hydrogen) atoms. The fourth-order valence-electron chi connectivity index (χ4n) is 1.52. The largest absolute Gasteiger partial charge is 0.388 e.